The summed E-state index contributed by atoms with van der Waals surface area (Å²) in [7, 11) is 1.53. The fourth-order valence-corrected chi connectivity index (χ4v) is 2.98. The van der Waals surface area contributed by atoms with E-state index in [4.69, 9.17) is 16.7 Å². The third kappa shape index (κ3) is 4.27. The molecule has 0 radical (unpaired) electrons. The van der Waals surface area contributed by atoms with Crippen molar-refractivity contribution in [2.45, 2.75) is 6.92 Å². The van der Waals surface area contributed by atoms with Gasteiger partial charge in [0.05, 0.1) is 16.9 Å². The molecule has 0 unspecified atom stereocenters. The summed E-state index contributed by atoms with van der Waals surface area (Å²) in [5, 5.41) is 14.9. The maximum Gasteiger partial charge on any atom is 0.356 e. The number of imidazole rings is 1. The minimum atomic E-state index is -1.29. The molecule has 8 nitrogen and oxygen atoms in total. The second kappa shape index (κ2) is 8.15. The predicted octanol–water partition coefficient (Wildman–Crippen LogP) is 3.58. The molecule has 0 saturated heterocycles. The van der Waals surface area contributed by atoms with E-state index in [0.29, 0.717) is 27.5 Å². The van der Waals surface area contributed by atoms with Crippen LogP contribution in [0, 0.1) is 6.92 Å². The molecule has 3 rings (SSSR count). The average molecular weight is 413 g/mol. The summed E-state index contributed by atoms with van der Waals surface area (Å²) in [6.07, 6.45) is 1.26. The number of amides is 2. The third-order valence-electron chi connectivity index (χ3n) is 4.21. The van der Waals surface area contributed by atoms with Gasteiger partial charge in [0.25, 0.3) is 11.8 Å². The van der Waals surface area contributed by atoms with Crippen molar-refractivity contribution in [3.8, 4) is 0 Å². The molecule has 3 N–H and O–H groups in total. The number of carboxylic acids is 1. The lowest BCUT2D eigenvalue weighted by Gasteiger charge is -2.12. The van der Waals surface area contributed by atoms with E-state index in [1.807, 2.05) is 0 Å². The minimum absolute atomic E-state index is 0.0637. The Morgan fingerprint density at radius 1 is 1.07 bits per heavy atom. The number of nitrogens with one attached hydrogen (secondary N) is 2. The van der Waals surface area contributed by atoms with E-state index in [9.17, 15) is 14.4 Å². The number of carbonyl (C=O) groups is 3. The predicted molar refractivity (Wildman–Crippen MR) is 109 cm³/mol. The zero-order valence-electron chi connectivity index (χ0n) is 15.6. The molecule has 2 aromatic carbocycles. The molecule has 148 valence electrons. The maximum atomic E-state index is 12.5. The highest BCUT2D eigenvalue weighted by atomic mass is 35.5. The van der Waals surface area contributed by atoms with Gasteiger partial charge in [0.1, 0.15) is 5.69 Å². The van der Waals surface area contributed by atoms with Gasteiger partial charge in [-0.15, -0.1) is 0 Å². The van der Waals surface area contributed by atoms with E-state index in [1.165, 1.54) is 17.9 Å². The van der Waals surface area contributed by atoms with Gasteiger partial charge in [0.15, 0.2) is 5.69 Å². The third-order valence-corrected chi connectivity index (χ3v) is 4.54. The normalized spacial score (nSPS) is 10.4. The summed E-state index contributed by atoms with van der Waals surface area (Å²) in [4.78, 5) is 39.9. The highest BCUT2D eigenvalue weighted by Gasteiger charge is 2.22. The van der Waals surface area contributed by atoms with Crippen LogP contribution in [0.5, 0.6) is 0 Å². The smallest absolute Gasteiger partial charge is 0.356 e. The lowest BCUT2D eigenvalue weighted by atomic mass is 10.1. The summed E-state index contributed by atoms with van der Waals surface area (Å²) >= 11 is 6.05. The van der Waals surface area contributed by atoms with Crippen molar-refractivity contribution in [3.63, 3.8) is 0 Å². The van der Waals surface area contributed by atoms with Crippen molar-refractivity contribution >= 4 is 40.8 Å². The standard InChI is InChI=1S/C20H17ClN4O4/c1-11-9-12(23-19(27)17-16(20(28)29)22-10-25(17)2)7-8-15(11)24-18(26)13-5-3-4-6-14(13)21/h3-10H,1-2H3,(H,23,27)(H,24,26)(H,28,29). The number of anilines is 2. The van der Waals surface area contributed by atoms with Crippen LogP contribution in [-0.4, -0.2) is 32.4 Å². The SMILES string of the molecule is Cc1cc(NC(=O)c2c(C(=O)O)ncn2C)ccc1NC(=O)c1ccccc1Cl. The number of benzene rings is 2. The Morgan fingerprint density at radius 2 is 1.79 bits per heavy atom. The van der Waals surface area contributed by atoms with Crippen LogP contribution in [0.1, 0.15) is 36.9 Å². The van der Waals surface area contributed by atoms with Gasteiger partial charge in [-0.1, -0.05) is 23.7 Å². The number of aromatic nitrogens is 2. The van der Waals surface area contributed by atoms with E-state index in [1.54, 1.807) is 49.4 Å². The molecule has 0 bridgehead atoms. The van der Waals surface area contributed by atoms with Crippen LogP contribution >= 0.6 is 11.6 Å². The number of nitrogens with zero attached hydrogens (tertiary/aromatic N) is 2. The maximum absolute atomic E-state index is 12.5. The monoisotopic (exact) mass is 412 g/mol. The van der Waals surface area contributed by atoms with Crippen LogP contribution in [-0.2, 0) is 7.05 Å². The van der Waals surface area contributed by atoms with Crippen LogP contribution in [0.15, 0.2) is 48.8 Å². The first-order valence-corrected chi connectivity index (χ1v) is 8.88. The number of carbonyl (C=O) groups excluding carboxylic acids is 2. The number of carboxylic acid groups (broad SMARTS) is 1. The Labute approximate surface area is 171 Å². The fourth-order valence-electron chi connectivity index (χ4n) is 2.76. The minimum Gasteiger partial charge on any atom is -0.476 e. The molecule has 0 aliphatic carbocycles. The quantitative estimate of drug-likeness (QED) is 0.592. The molecular formula is C20H17ClN4O4. The van der Waals surface area contributed by atoms with Gasteiger partial charge < -0.3 is 20.3 Å². The van der Waals surface area contributed by atoms with Gasteiger partial charge in [-0.05, 0) is 42.8 Å². The Morgan fingerprint density at radius 3 is 2.45 bits per heavy atom. The molecule has 0 atom stereocenters. The molecule has 2 amide bonds. The van der Waals surface area contributed by atoms with Crippen LogP contribution in [0.3, 0.4) is 0 Å². The van der Waals surface area contributed by atoms with E-state index in [0.717, 1.165) is 0 Å². The van der Waals surface area contributed by atoms with Crippen LogP contribution in [0.2, 0.25) is 5.02 Å². The van der Waals surface area contributed by atoms with Gasteiger partial charge in [-0.25, -0.2) is 9.78 Å². The fraction of sp³-hybridized carbons (Fsp3) is 0.100. The van der Waals surface area contributed by atoms with Crippen molar-refractivity contribution in [1.29, 1.82) is 0 Å². The summed E-state index contributed by atoms with van der Waals surface area (Å²) in [5.74, 6) is -2.24. The first-order chi connectivity index (χ1) is 13.8. The van der Waals surface area contributed by atoms with Crippen molar-refractivity contribution in [2.24, 2.45) is 7.05 Å². The van der Waals surface area contributed by atoms with Crippen LogP contribution < -0.4 is 10.6 Å². The molecule has 0 fully saturated rings. The Kier molecular flexibility index (Phi) is 5.65. The van der Waals surface area contributed by atoms with Crippen molar-refractivity contribution in [1.82, 2.24) is 9.55 Å². The summed E-state index contributed by atoms with van der Waals surface area (Å²) in [6, 6.07) is 11.6. The van der Waals surface area contributed by atoms with Gasteiger partial charge in [-0.2, -0.15) is 0 Å². The number of aryl methyl sites for hydroxylation is 2. The molecule has 29 heavy (non-hydrogen) atoms. The molecule has 3 aromatic rings. The summed E-state index contributed by atoms with van der Waals surface area (Å²) in [5.41, 5.74) is 1.66. The van der Waals surface area contributed by atoms with Crippen molar-refractivity contribution in [3.05, 3.63) is 76.3 Å². The lowest BCUT2D eigenvalue weighted by Crippen LogP contribution is -2.19. The lowest BCUT2D eigenvalue weighted by molar-refractivity contribution is 0.0686. The molecule has 0 aliphatic heterocycles. The van der Waals surface area contributed by atoms with Gasteiger partial charge in [-0.3, -0.25) is 9.59 Å². The first kappa shape index (κ1) is 20.1. The highest BCUT2D eigenvalue weighted by molar-refractivity contribution is 6.34. The number of halogens is 1. The van der Waals surface area contributed by atoms with Crippen LogP contribution in [0.25, 0.3) is 0 Å². The molecule has 0 aliphatic rings. The van der Waals surface area contributed by atoms with Crippen molar-refractivity contribution in [2.75, 3.05) is 10.6 Å². The zero-order valence-corrected chi connectivity index (χ0v) is 16.3. The molecule has 1 heterocycles. The van der Waals surface area contributed by atoms with E-state index < -0.39 is 11.9 Å². The Balaban J connectivity index is 1.77. The number of hydrogen-bond acceptors (Lipinski definition) is 4. The number of hydrogen-bond donors (Lipinski definition) is 3. The largest absolute Gasteiger partial charge is 0.476 e. The van der Waals surface area contributed by atoms with E-state index >= 15 is 0 Å². The molecule has 0 spiro atoms. The Hall–Kier alpha value is -3.65. The van der Waals surface area contributed by atoms with E-state index in [2.05, 4.69) is 15.6 Å². The first-order valence-electron chi connectivity index (χ1n) is 8.50. The van der Waals surface area contributed by atoms with E-state index in [-0.39, 0.29) is 17.3 Å². The topological polar surface area (TPSA) is 113 Å². The highest BCUT2D eigenvalue weighted by Crippen LogP contribution is 2.23. The zero-order chi connectivity index (χ0) is 21.1. The average Bonchev–Trinajstić information content (AvgIpc) is 3.06. The van der Waals surface area contributed by atoms with Gasteiger partial charge in [0.2, 0.25) is 0 Å². The molecular weight excluding hydrogens is 396 g/mol. The second-order valence-corrected chi connectivity index (χ2v) is 6.68. The van der Waals surface area contributed by atoms with Gasteiger partial charge in [0, 0.05) is 18.4 Å². The number of aromatic carboxylic acids is 1. The molecule has 9 heteroatoms. The van der Waals surface area contributed by atoms with Crippen LogP contribution in [0.4, 0.5) is 11.4 Å². The Bertz CT molecular complexity index is 1120. The summed E-state index contributed by atoms with van der Waals surface area (Å²) < 4.78 is 1.34. The summed E-state index contributed by atoms with van der Waals surface area (Å²) in [6.45, 7) is 1.77. The second-order valence-electron chi connectivity index (χ2n) is 6.28. The molecule has 0 saturated carbocycles. The molecule has 1 aromatic heterocycles. The van der Waals surface area contributed by atoms with Crippen molar-refractivity contribution < 1.29 is 19.5 Å². The van der Waals surface area contributed by atoms with Gasteiger partial charge >= 0.3 is 5.97 Å². The number of rotatable bonds is 5.